The standard InChI is InChI=1S/C18H16ClN3O3S/c19-17-8-5-15(11-14(17)12-20)21-18(23)13-3-6-16(7-4-13)26(24,25)22-9-1-2-10-22/h3-8,11H,1-2,9-10H2,(H,21,23). The van der Waals surface area contributed by atoms with Gasteiger partial charge in [0.2, 0.25) is 10.0 Å². The Kier molecular flexibility index (Phi) is 5.28. The van der Waals surface area contributed by atoms with Gasteiger partial charge in [0, 0.05) is 24.3 Å². The lowest BCUT2D eigenvalue weighted by atomic mass is 10.2. The van der Waals surface area contributed by atoms with Crippen molar-refractivity contribution in [3.8, 4) is 6.07 Å². The Morgan fingerprint density at radius 3 is 2.38 bits per heavy atom. The third kappa shape index (κ3) is 3.73. The van der Waals surface area contributed by atoms with Crippen LogP contribution in [0.15, 0.2) is 47.4 Å². The Morgan fingerprint density at radius 2 is 1.77 bits per heavy atom. The van der Waals surface area contributed by atoms with Gasteiger partial charge in [-0.15, -0.1) is 0 Å². The molecular formula is C18H16ClN3O3S. The Morgan fingerprint density at radius 1 is 1.12 bits per heavy atom. The molecule has 0 atom stereocenters. The van der Waals surface area contributed by atoms with E-state index in [9.17, 15) is 13.2 Å². The van der Waals surface area contributed by atoms with Crippen LogP contribution >= 0.6 is 11.6 Å². The molecule has 1 amide bonds. The van der Waals surface area contributed by atoms with Crippen molar-refractivity contribution >= 4 is 33.2 Å². The Balaban J connectivity index is 1.76. The van der Waals surface area contributed by atoms with Crippen molar-refractivity contribution in [1.82, 2.24) is 4.31 Å². The molecule has 1 N–H and O–H groups in total. The first kappa shape index (κ1) is 18.4. The first-order chi connectivity index (χ1) is 12.4. The van der Waals surface area contributed by atoms with Crippen molar-refractivity contribution in [1.29, 1.82) is 5.26 Å². The molecule has 1 aliphatic rings. The molecule has 0 unspecified atom stereocenters. The molecule has 1 heterocycles. The lowest BCUT2D eigenvalue weighted by molar-refractivity contribution is 0.102. The summed E-state index contributed by atoms with van der Waals surface area (Å²) in [5, 5.41) is 12.0. The molecule has 26 heavy (non-hydrogen) atoms. The molecule has 2 aromatic carbocycles. The molecule has 0 aromatic heterocycles. The number of anilines is 1. The van der Waals surface area contributed by atoms with Gasteiger partial charge < -0.3 is 5.32 Å². The summed E-state index contributed by atoms with van der Waals surface area (Å²) in [5.74, 6) is -0.402. The predicted molar refractivity (Wildman–Crippen MR) is 98.6 cm³/mol. The summed E-state index contributed by atoms with van der Waals surface area (Å²) in [6.45, 7) is 1.06. The molecule has 134 valence electrons. The van der Waals surface area contributed by atoms with Crippen LogP contribution in [0.3, 0.4) is 0 Å². The van der Waals surface area contributed by atoms with Gasteiger partial charge in [-0.1, -0.05) is 11.6 Å². The fourth-order valence-electron chi connectivity index (χ4n) is 2.75. The van der Waals surface area contributed by atoms with Gasteiger partial charge in [-0.05, 0) is 55.3 Å². The number of hydrogen-bond donors (Lipinski definition) is 1. The van der Waals surface area contributed by atoms with Gasteiger partial charge >= 0.3 is 0 Å². The second kappa shape index (κ2) is 7.46. The van der Waals surface area contributed by atoms with Crippen LogP contribution in [0.1, 0.15) is 28.8 Å². The third-order valence-corrected chi connectivity index (χ3v) is 6.41. The van der Waals surface area contributed by atoms with Crippen molar-refractivity contribution in [2.75, 3.05) is 18.4 Å². The Labute approximate surface area is 157 Å². The van der Waals surface area contributed by atoms with Crippen molar-refractivity contribution in [2.24, 2.45) is 0 Å². The van der Waals surface area contributed by atoms with Crippen LogP contribution in [0.5, 0.6) is 0 Å². The quantitative estimate of drug-likeness (QED) is 0.868. The highest BCUT2D eigenvalue weighted by molar-refractivity contribution is 7.89. The highest BCUT2D eigenvalue weighted by Gasteiger charge is 2.27. The number of hydrogen-bond acceptors (Lipinski definition) is 4. The second-order valence-electron chi connectivity index (χ2n) is 5.90. The monoisotopic (exact) mass is 389 g/mol. The zero-order chi connectivity index (χ0) is 18.7. The molecule has 2 aromatic rings. The number of sulfonamides is 1. The van der Waals surface area contributed by atoms with E-state index in [1.807, 2.05) is 6.07 Å². The highest BCUT2D eigenvalue weighted by Crippen LogP contribution is 2.22. The molecule has 8 heteroatoms. The van der Waals surface area contributed by atoms with Gasteiger partial charge in [0.25, 0.3) is 5.91 Å². The Bertz CT molecular complexity index is 976. The largest absolute Gasteiger partial charge is 0.322 e. The number of nitrogens with one attached hydrogen (secondary N) is 1. The first-order valence-corrected chi connectivity index (χ1v) is 9.85. The minimum Gasteiger partial charge on any atom is -0.322 e. The normalized spacial score (nSPS) is 14.8. The lowest BCUT2D eigenvalue weighted by Gasteiger charge is -2.15. The number of nitriles is 1. The number of rotatable bonds is 4. The lowest BCUT2D eigenvalue weighted by Crippen LogP contribution is -2.27. The number of carbonyl (C=O) groups excluding carboxylic acids is 1. The van der Waals surface area contributed by atoms with E-state index >= 15 is 0 Å². The Hall–Kier alpha value is -2.40. The van der Waals surface area contributed by atoms with E-state index in [1.165, 1.54) is 40.7 Å². The molecule has 0 saturated carbocycles. The van der Waals surface area contributed by atoms with Gasteiger partial charge in [-0.2, -0.15) is 9.57 Å². The summed E-state index contributed by atoms with van der Waals surface area (Å²) < 4.78 is 26.4. The zero-order valence-corrected chi connectivity index (χ0v) is 15.3. The topological polar surface area (TPSA) is 90.3 Å². The number of carbonyl (C=O) groups is 1. The smallest absolute Gasteiger partial charge is 0.255 e. The van der Waals surface area contributed by atoms with E-state index in [0.717, 1.165) is 12.8 Å². The van der Waals surface area contributed by atoms with Crippen molar-refractivity contribution < 1.29 is 13.2 Å². The van der Waals surface area contributed by atoms with Crippen LogP contribution in [-0.2, 0) is 10.0 Å². The predicted octanol–water partition coefficient (Wildman–Crippen LogP) is 3.25. The molecule has 0 bridgehead atoms. The fraction of sp³-hybridized carbons (Fsp3) is 0.222. The maximum absolute atomic E-state index is 12.5. The minimum absolute atomic E-state index is 0.175. The molecule has 6 nitrogen and oxygen atoms in total. The van der Waals surface area contributed by atoms with E-state index in [4.69, 9.17) is 16.9 Å². The van der Waals surface area contributed by atoms with Crippen LogP contribution in [-0.4, -0.2) is 31.7 Å². The molecule has 0 spiro atoms. The van der Waals surface area contributed by atoms with Crippen molar-refractivity contribution in [2.45, 2.75) is 17.7 Å². The summed E-state index contributed by atoms with van der Waals surface area (Å²) >= 11 is 5.87. The molecule has 0 radical (unpaired) electrons. The summed E-state index contributed by atoms with van der Waals surface area (Å²) in [6, 6.07) is 12.4. The fourth-order valence-corrected chi connectivity index (χ4v) is 4.42. The SMILES string of the molecule is N#Cc1cc(NC(=O)c2ccc(S(=O)(=O)N3CCCC3)cc2)ccc1Cl. The summed E-state index contributed by atoms with van der Waals surface area (Å²) in [4.78, 5) is 12.5. The zero-order valence-electron chi connectivity index (χ0n) is 13.8. The maximum Gasteiger partial charge on any atom is 0.255 e. The van der Waals surface area contributed by atoms with E-state index in [0.29, 0.717) is 29.4 Å². The van der Waals surface area contributed by atoms with E-state index < -0.39 is 15.9 Å². The van der Waals surface area contributed by atoms with Crippen LogP contribution in [0, 0.1) is 11.3 Å². The van der Waals surface area contributed by atoms with Crippen LogP contribution < -0.4 is 5.32 Å². The van der Waals surface area contributed by atoms with E-state index in [1.54, 1.807) is 6.07 Å². The molecule has 0 aliphatic carbocycles. The van der Waals surface area contributed by atoms with Gasteiger partial charge in [0.05, 0.1) is 15.5 Å². The van der Waals surface area contributed by atoms with E-state index in [2.05, 4.69) is 5.32 Å². The van der Waals surface area contributed by atoms with Crippen molar-refractivity contribution in [3.63, 3.8) is 0 Å². The minimum atomic E-state index is -3.50. The molecule has 3 rings (SSSR count). The summed E-state index contributed by atoms with van der Waals surface area (Å²) in [7, 11) is -3.50. The first-order valence-electron chi connectivity index (χ1n) is 8.03. The number of benzene rings is 2. The van der Waals surface area contributed by atoms with Gasteiger partial charge in [-0.25, -0.2) is 8.42 Å². The average molecular weight is 390 g/mol. The van der Waals surface area contributed by atoms with Crippen LogP contribution in [0.4, 0.5) is 5.69 Å². The molecule has 1 fully saturated rings. The highest BCUT2D eigenvalue weighted by atomic mass is 35.5. The second-order valence-corrected chi connectivity index (χ2v) is 8.24. The summed E-state index contributed by atoms with van der Waals surface area (Å²) in [6.07, 6.45) is 1.73. The molecular weight excluding hydrogens is 374 g/mol. The number of amides is 1. The third-order valence-electron chi connectivity index (χ3n) is 4.16. The van der Waals surface area contributed by atoms with Crippen molar-refractivity contribution in [3.05, 3.63) is 58.6 Å². The molecule has 1 aliphatic heterocycles. The summed E-state index contributed by atoms with van der Waals surface area (Å²) in [5.41, 5.74) is 1.01. The number of halogens is 1. The van der Waals surface area contributed by atoms with Crippen LogP contribution in [0.25, 0.3) is 0 Å². The van der Waals surface area contributed by atoms with Gasteiger partial charge in [-0.3, -0.25) is 4.79 Å². The number of nitrogens with zero attached hydrogens (tertiary/aromatic N) is 2. The maximum atomic E-state index is 12.5. The van der Waals surface area contributed by atoms with Crippen LogP contribution in [0.2, 0.25) is 5.02 Å². The van der Waals surface area contributed by atoms with Gasteiger partial charge in [0.15, 0.2) is 0 Å². The molecule has 1 saturated heterocycles. The van der Waals surface area contributed by atoms with E-state index in [-0.39, 0.29) is 10.5 Å². The van der Waals surface area contributed by atoms with Gasteiger partial charge in [0.1, 0.15) is 6.07 Å². The average Bonchev–Trinajstić information content (AvgIpc) is 3.19.